The summed E-state index contributed by atoms with van der Waals surface area (Å²) in [6, 6.07) is 7.70. The third-order valence-corrected chi connectivity index (χ3v) is 4.33. The van der Waals surface area contributed by atoms with Crippen molar-refractivity contribution in [2.75, 3.05) is 11.9 Å². The molecule has 0 aliphatic heterocycles. The lowest BCUT2D eigenvalue weighted by atomic mass is 10.2. The molecule has 1 amide bonds. The normalized spacial score (nSPS) is 14.0. The second-order valence-corrected chi connectivity index (χ2v) is 6.39. The van der Waals surface area contributed by atoms with Gasteiger partial charge in [0.05, 0.1) is 6.61 Å². The first-order valence-electron chi connectivity index (χ1n) is 7.37. The molecule has 2 aromatic rings. The number of hydrogen-bond acceptors (Lipinski definition) is 5. The largest absolute Gasteiger partial charge is 0.376 e. The van der Waals surface area contributed by atoms with Crippen molar-refractivity contribution in [3.63, 3.8) is 0 Å². The van der Waals surface area contributed by atoms with E-state index < -0.39 is 0 Å². The van der Waals surface area contributed by atoms with E-state index in [0.717, 1.165) is 28.8 Å². The lowest BCUT2D eigenvalue weighted by Gasteiger charge is -2.07. The molecule has 1 aromatic carbocycles. The number of rotatable bonds is 7. The van der Waals surface area contributed by atoms with E-state index in [0.29, 0.717) is 18.8 Å². The lowest BCUT2D eigenvalue weighted by molar-refractivity contribution is 0.102. The van der Waals surface area contributed by atoms with Gasteiger partial charge in [0.2, 0.25) is 0 Å². The van der Waals surface area contributed by atoms with Crippen molar-refractivity contribution < 1.29 is 9.53 Å². The van der Waals surface area contributed by atoms with Crippen LogP contribution in [0.3, 0.4) is 0 Å². The zero-order valence-corrected chi connectivity index (χ0v) is 13.1. The van der Waals surface area contributed by atoms with Gasteiger partial charge in [-0.15, -0.1) is 11.3 Å². The highest BCUT2D eigenvalue weighted by atomic mass is 32.1. The van der Waals surface area contributed by atoms with Gasteiger partial charge in [0.15, 0.2) is 0 Å². The number of ether oxygens (including phenoxy) is 1. The molecule has 6 heteroatoms. The third-order valence-electron chi connectivity index (χ3n) is 3.46. The Kier molecular flexibility index (Phi) is 4.82. The Hall–Kier alpha value is -1.76. The average Bonchev–Trinajstić information content (AvgIpc) is 3.21. The summed E-state index contributed by atoms with van der Waals surface area (Å²) in [5, 5.41) is 5.34. The van der Waals surface area contributed by atoms with Crippen LogP contribution in [-0.4, -0.2) is 17.5 Å². The van der Waals surface area contributed by atoms with Crippen LogP contribution >= 0.6 is 11.3 Å². The van der Waals surface area contributed by atoms with Crippen LogP contribution in [0, 0.1) is 5.92 Å². The second kappa shape index (κ2) is 7.00. The molecule has 0 saturated heterocycles. The molecule has 0 spiro atoms. The number of thiazole rings is 1. The number of nitrogens with zero attached hydrogens (tertiary/aromatic N) is 1. The van der Waals surface area contributed by atoms with Crippen LogP contribution in [0.4, 0.5) is 5.69 Å². The number of carbonyl (C=O) groups is 1. The first kappa shape index (κ1) is 15.1. The van der Waals surface area contributed by atoms with Crippen molar-refractivity contribution in [2.24, 2.45) is 11.7 Å². The predicted octanol–water partition coefficient (Wildman–Crippen LogP) is 2.78. The summed E-state index contributed by atoms with van der Waals surface area (Å²) in [4.78, 5) is 16.3. The van der Waals surface area contributed by atoms with Crippen LogP contribution in [0.1, 0.15) is 33.9 Å². The van der Waals surface area contributed by atoms with Crippen molar-refractivity contribution >= 4 is 22.9 Å². The van der Waals surface area contributed by atoms with E-state index >= 15 is 0 Å². The monoisotopic (exact) mass is 317 g/mol. The molecule has 1 saturated carbocycles. The fourth-order valence-corrected chi connectivity index (χ4v) is 2.73. The van der Waals surface area contributed by atoms with E-state index in [-0.39, 0.29) is 5.91 Å². The van der Waals surface area contributed by atoms with Crippen LogP contribution in [0.25, 0.3) is 0 Å². The van der Waals surface area contributed by atoms with Crippen molar-refractivity contribution in [1.29, 1.82) is 0 Å². The summed E-state index contributed by atoms with van der Waals surface area (Å²) in [7, 11) is 0. The van der Waals surface area contributed by atoms with Gasteiger partial charge in [-0.2, -0.15) is 0 Å². The number of nitrogens with two attached hydrogens (primary N) is 1. The molecule has 3 N–H and O–H groups in total. The molecule has 1 fully saturated rings. The van der Waals surface area contributed by atoms with Crippen LogP contribution in [0.2, 0.25) is 0 Å². The standard InChI is InChI=1S/C16H19N3O2S/c17-7-15-19-14(10-22-15)16(20)18-13-3-1-2-12(6-13)9-21-8-11-4-5-11/h1-3,6,10-11H,4-5,7-9,17H2,(H,18,20). The van der Waals surface area contributed by atoms with Gasteiger partial charge < -0.3 is 15.8 Å². The lowest BCUT2D eigenvalue weighted by Crippen LogP contribution is -2.13. The van der Waals surface area contributed by atoms with Gasteiger partial charge >= 0.3 is 0 Å². The molecule has 116 valence electrons. The predicted molar refractivity (Wildman–Crippen MR) is 86.8 cm³/mol. The average molecular weight is 317 g/mol. The summed E-state index contributed by atoms with van der Waals surface area (Å²) in [6.45, 7) is 1.76. The number of hydrogen-bond donors (Lipinski definition) is 2. The Morgan fingerprint density at radius 2 is 2.32 bits per heavy atom. The van der Waals surface area contributed by atoms with Gasteiger partial charge in [-0.1, -0.05) is 12.1 Å². The minimum atomic E-state index is -0.216. The molecule has 5 nitrogen and oxygen atoms in total. The fourth-order valence-electron chi connectivity index (χ4n) is 2.07. The summed E-state index contributed by atoms with van der Waals surface area (Å²) >= 11 is 1.39. The van der Waals surface area contributed by atoms with Crippen LogP contribution < -0.4 is 11.1 Å². The first-order valence-corrected chi connectivity index (χ1v) is 8.25. The third kappa shape index (κ3) is 4.13. The Bertz CT molecular complexity index is 652. The molecule has 22 heavy (non-hydrogen) atoms. The fraction of sp³-hybridized carbons (Fsp3) is 0.375. The molecule has 1 heterocycles. The number of carbonyl (C=O) groups excluding carboxylic acids is 1. The van der Waals surface area contributed by atoms with Crippen molar-refractivity contribution in [3.05, 3.63) is 45.9 Å². The maximum absolute atomic E-state index is 12.1. The Morgan fingerprint density at radius 1 is 1.45 bits per heavy atom. The molecule has 0 bridgehead atoms. The highest BCUT2D eigenvalue weighted by Crippen LogP contribution is 2.29. The smallest absolute Gasteiger partial charge is 0.275 e. The van der Waals surface area contributed by atoms with Gasteiger partial charge in [-0.25, -0.2) is 4.98 Å². The van der Waals surface area contributed by atoms with E-state index in [4.69, 9.17) is 10.5 Å². The van der Waals surface area contributed by atoms with Gasteiger partial charge in [-0.3, -0.25) is 4.79 Å². The van der Waals surface area contributed by atoms with Gasteiger partial charge in [0, 0.05) is 24.2 Å². The summed E-state index contributed by atoms with van der Waals surface area (Å²) in [5.41, 5.74) is 7.72. The maximum atomic E-state index is 12.1. The van der Waals surface area contributed by atoms with Crippen LogP contribution in [-0.2, 0) is 17.9 Å². The molecule has 0 unspecified atom stereocenters. The Labute approximate surface area is 133 Å². The molecule has 1 aliphatic rings. The number of benzene rings is 1. The summed E-state index contributed by atoms with van der Waals surface area (Å²) < 4.78 is 5.67. The van der Waals surface area contributed by atoms with E-state index in [2.05, 4.69) is 10.3 Å². The van der Waals surface area contributed by atoms with Crippen molar-refractivity contribution in [1.82, 2.24) is 4.98 Å². The number of amides is 1. The quantitative estimate of drug-likeness (QED) is 0.823. The van der Waals surface area contributed by atoms with Crippen LogP contribution in [0.5, 0.6) is 0 Å². The topological polar surface area (TPSA) is 77.2 Å². The second-order valence-electron chi connectivity index (χ2n) is 5.44. The van der Waals surface area contributed by atoms with Gasteiger partial charge in [0.1, 0.15) is 10.7 Å². The summed E-state index contributed by atoms with van der Waals surface area (Å²) in [6.07, 6.45) is 2.57. The van der Waals surface area contributed by atoms with Crippen molar-refractivity contribution in [2.45, 2.75) is 26.0 Å². The molecular weight excluding hydrogens is 298 g/mol. The Balaban J connectivity index is 1.57. The Morgan fingerprint density at radius 3 is 3.05 bits per heavy atom. The molecule has 1 aliphatic carbocycles. The van der Waals surface area contributed by atoms with Crippen LogP contribution in [0.15, 0.2) is 29.6 Å². The highest BCUT2D eigenvalue weighted by molar-refractivity contribution is 7.09. The molecule has 1 aromatic heterocycles. The first-order chi connectivity index (χ1) is 10.7. The number of aromatic nitrogens is 1. The number of anilines is 1. The molecule has 0 radical (unpaired) electrons. The van der Waals surface area contributed by atoms with Gasteiger partial charge in [0.25, 0.3) is 5.91 Å². The zero-order valence-electron chi connectivity index (χ0n) is 12.2. The maximum Gasteiger partial charge on any atom is 0.275 e. The van der Waals surface area contributed by atoms with E-state index in [1.54, 1.807) is 5.38 Å². The van der Waals surface area contributed by atoms with E-state index in [1.165, 1.54) is 24.2 Å². The minimum Gasteiger partial charge on any atom is -0.376 e. The molecular formula is C16H19N3O2S. The number of nitrogens with one attached hydrogen (secondary N) is 1. The van der Waals surface area contributed by atoms with E-state index in [1.807, 2.05) is 24.3 Å². The van der Waals surface area contributed by atoms with E-state index in [9.17, 15) is 4.79 Å². The zero-order chi connectivity index (χ0) is 15.4. The minimum absolute atomic E-state index is 0.216. The summed E-state index contributed by atoms with van der Waals surface area (Å²) in [5.74, 6) is 0.538. The molecule has 3 rings (SSSR count). The molecule has 0 atom stereocenters. The highest BCUT2D eigenvalue weighted by Gasteiger charge is 2.21. The van der Waals surface area contributed by atoms with Crippen molar-refractivity contribution in [3.8, 4) is 0 Å². The SMILES string of the molecule is NCc1nc(C(=O)Nc2cccc(COCC3CC3)c2)cs1. The van der Waals surface area contributed by atoms with Gasteiger partial charge in [-0.05, 0) is 36.5 Å².